The minimum atomic E-state index is -1.85. The molecule has 1 heterocycles. The molecule has 1 saturated heterocycles. The first-order valence-electron chi connectivity index (χ1n) is 12.9. The van der Waals surface area contributed by atoms with Crippen molar-refractivity contribution in [3.8, 4) is 0 Å². The predicted molar refractivity (Wildman–Crippen MR) is 142 cm³/mol. The predicted octanol–water partition coefficient (Wildman–Crippen LogP) is 6.18. The van der Waals surface area contributed by atoms with Crippen LogP contribution in [0.5, 0.6) is 0 Å². The highest BCUT2D eigenvalue weighted by atomic mass is 31.1. The fraction of sp³-hybridized carbons (Fsp3) is 0.920. The fourth-order valence-electron chi connectivity index (χ4n) is 5.84. The molecule has 0 N–H and O–H groups in total. The summed E-state index contributed by atoms with van der Waals surface area (Å²) in [5, 5.41) is 0. The lowest BCUT2D eigenvalue weighted by Crippen LogP contribution is -2.55. The van der Waals surface area contributed by atoms with E-state index in [0.717, 1.165) is 6.42 Å². The Bertz CT molecular complexity index is 686. The molecule has 0 aromatic rings. The van der Waals surface area contributed by atoms with Crippen LogP contribution in [0, 0.1) is 11.8 Å². The normalized spacial score (nSPS) is 26.3. The summed E-state index contributed by atoms with van der Waals surface area (Å²) in [6.07, 6.45) is 0.432. The lowest BCUT2D eigenvalue weighted by atomic mass is 10.0. The largest absolute Gasteiger partial charge is 0.447 e. The van der Waals surface area contributed by atoms with E-state index in [9.17, 15) is 9.59 Å². The smallest absolute Gasteiger partial charge is 0.416 e. The van der Waals surface area contributed by atoms with Gasteiger partial charge in [-0.15, -0.1) is 0 Å². The van der Waals surface area contributed by atoms with Crippen molar-refractivity contribution in [2.75, 3.05) is 6.61 Å². The summed E-state index contributed by atoms with van der Waals surface area (Å²) < 4.78 is 10.7. The van der Waals surface area contributed by atoms with Gasteiger partial charge in [-0.3, -0.25) is 14.1 Å². The zero-order chi connectivity index (χ0) is 25.6. The van der Waals surface area contributed by atoms with Gasteiger partial charge < -0.3 is 4.74 Å². The average molecular weight is 500 g/mol. The van der Waals surface area contributed by atoms with Crippen LogP contribution in [0.4, 0.5) is 4.79 Å². The molecule has 33 heavy (non-hydrogen) atoms. The number of nitrogens with zero attached hydrogens (tertiary/aromatic N) is 3. The molecule has 1 aliphatic heterocycles. The fourth-order valence-corrected chi connectivity index (χ4v) is 14.5. The summed E-state index contributed by atoms with van der Waals surface area (Å²) >= 11 is 0. The van der Waals surface area contributed by atoms with E-state index in [-0.39, 0.29) is 28.6 Å². The number of hydrogen-bond acceptors (Lipinski definition) is 5. The highest BCUT2D eigenvalue weighted by Crippen LogP contribution is 2.75. The zero-order valence-corrected chi connectivity index (χ0v) is 25.4. The van der Waals surface area contributed by atoms with Gasteiger partial charge in [-0.25, -0.2) is 9.69 Å². The van der Waals surface area contributed by atoms with Gasteiger partial charge in [0.05, 0.1) is 14.1 Å². The number of rotatable bonds is 10. The Balaban J connectivity index is 2.64. The molecule has 1 aliphatic carbocycles. The SMILES string of the molecule is CC(C)[C@@H]1COC(=O)N1C(=O)[C@@H]1C[C@@]1(P(N(C(C)C)C(C)C)N(C(C)C)C(C)C)[Si](C)(C)C. The van der Waals surface area contributed by atoms with Crippen LogP contribution in [0.1, 0.15) is 75.7 Å². The van der Waals surface area contributed by atoms with Crippen molar-refractivity contribution in [1.29, 1.82) is 0 Å². The second-order valence-corrected chi connectivity index (χ2v) is 20.6. The van der Waals surface area contributed by atoms with Gasteiger partial charge in [-0.1, -0.05) is 33.5 Å². The highest BCUT2D eigenvalue weighted by Gasteiger charge is 2.73. The first-order chi connectivity index (χ1) is 15.0. The standard InChI is InChI=1S/C25H50N3O3PSi/c1-16(2)22-15-31-24(30)26(22)23(29)21-14-25(21,33(11,12)13)32(27(17(3)4)18(5)6)28(19(7)8)20(9)10/h16-22H,14-15H2,1-13H3/t21-,22-,25+/m0/s1. The molecular weight excluding hydrogens is 449 g/mol. The molecule has 0 bridgehead atoms. The molecule has 0 spiro atoms. The highest BCUT2D eigenvalue weighted by molar-refractivity contribution is 7.58. The van der Waals surface area contributed by atoms with E-state index >= 15 is 0 Å². The minimum absolute atomic E-state index is 0.00560. The number of ether oxygens (including phenoxy) is 1. The van der Waals surface area contributed by atoms with Gasteiger partial charge in [0, 0.05) is 43.1 Å². The van der Waals surface area contributed by atoms with Crippen LogP contribution in [0.25, 0.3) is 0 Å². The third-order valence-corrected chi connectivity index (χ3v) is 17.0. The molecule has 2 amide bonds. The van der Waals surface area contributed by atoms with Crippen LogP contribution in [0.3, 0.4) is 0 Å². The van der Waals surface area contributed by atoms with E-state index < -0.39 is 22.4 Å². The van der Waals surface area contributed by atoms with Crippen molar-refractivity contribution < 1.29 is 14.3 Å². The Morgan fingerprint density at radius 1 is 0.939 bits per heavy atom. The van der Waals surface area contributed by atoms with E-state index in [2.05, 4.69) is 98.2 Å². The van der Waals surface area contributed by atoms with E-state index in [1.54, 1.807) is 0 Å². The van der Waals surface area contributed by atoms with Crippen molar-refractivity contribution in [2.24, 2.45) is 11.8 Å². The van der Waals surface area contributed by atoms with Crippen molar-refractivity contribution >= 4 is 28.3 Å². The second-order valence-electron chi connectivity index (χ2n) is 12.5. The summed E-state index contributed by atoms with van der Waals surface area (Å²) in [5.74, 6) is 0.0841. The van der Waals surface area contributed by atoms with E-state index in [1.807, 2.05) is 0 Å². The van der Waals surface area contributed by atoms with Crippen molar-refractivity contribution in [2.45, 2.75) is 130 Å². The molecule has 0 aromatic carbocycles. The Morgan fingerprint density at radius 2 is 1.36 bits per heavy atom. The number of carbonyl (C=O) groups is 2. The monoisotopic (exact) mass is 499 g/mol. The molecule has 3 atom stereocenters. The molecule has 0 aromatic heterocycles. The molecule has 0 unspecified atom stereocenters. The number of imide groups is 1. The van der Waals surface area contributed by atoms with Crippen LogP contribution in [-0.2, 0) is 9.53 Å². The molecular formula is C25H50N3O3PSi. The third kappa shape index (κ3) is 5.22. The van der Waals surface area contributed by atoms with Crippen molar-refractivity contribution in [1.82, 2.24) is 14.2 Å². The topological polar surface area (TPSA) is 53.1 Å². The lowest BCUT2D eigenvalue weighted by Gasteiger charge is -2.54. The number of cyclic esters (lactones) is 1. The van der Waals surface area contributed by atoms with Gasteiger partial charge >= 0.3 is 6.09 Å². The molecule has 2 rings (SSSR count). The maximum absolute atomic E-state index is 14.0. The number of hydrogen-bond donors (Lipinski definition) is 0. The third-order valence-electron chi connectivity index (χ3n) is 7.35. The summed E-state index contributed by atoms with van der Waals surface area (Å²) in [7, 11) is -2.61. The molecule has 2 fully saturated rings. The molecule has 6 nitrogen and oxygen atoms in total. The summed E-state index contributed by atoms with van der Waals surface area (Å²) in [6, 6.07) is 1.34. The Hall–Kier alpha value is -0.493. The summed E-state index contributed by atoms with van der Waals surface area (Å²) in [5.41, 5.74) is 0. The van der Waals surface area contributed by atoms with Crippen LogP contribution in [-0.4, -0.2) is 75.9 Å². The van der Waals surface area contributed by atoms with E-state index in [4.69, 9.17) is 4.74 Å². The van der Waals surface area contributed by atoms with Crippen molar-refractivity contribution in [3.63, 3.8) is 0 Å². The van der Waals surface area contributed by atoms with Crippen molar-refractivity contribution in [3.05, 3.63) is 0 Å². The molecule has 1 saturated carbocycles. The second kappa shape index (κ2) is 10.2. The first-order valence-corrected chi connectivity index (χ1v) is 17.6. The quantitative estimate of drug-likeness (QED) is 0.266. The van der Waals surface area contributed by atoms with Gasteiger partial charge in [-0.2, -0.15) is 0 Å². The van der Waals surface area contributed by atoms with Gasteiger partial charge in [0.1, 0.15) is 6.61 Å². The Morgan fingerprint density at radius 3 is 1.70 bits per heavy atom. The summed E-state index contributed by atoms with van der Waals surface area (Å²) in [6.45, 7) is 30.0. The molecule has 192 valence electrons. The van der Waals surface area contributed by atoms with Crippen LogP contribution in [0.15, 0.2) is 0 Å². The Labute approximate surface area is 205 Å². The number of carbonyl (C=O) groups excluding carboxylic acids is 2. The maximum atomic E-state index is 14.0. The lowest BCUT2D eigenvalue weighted by molar-refractivity contribution is -0.131. The summed E-state index contributed by atoms with van der Waals surface area (Å²) in [4.78, 5) is 28.2. The van der Waals surface area contributed by atoms with Gasteiger partial charge in [0.15, 0.2) is 0 Å². The van der Waals surface area contributed by atoms with Crippen LogP contribution >= 0.6 is 8.22 Å². The minimum Gasteiger partial charge on any atom is -0.447 e. The van der Waals surface area contributed by atoms with E-state index in [0.29, 0.717) is 30.8 Å². The Kier molecular flexibility index (Phi) is 8.92. The van der Waals surface area contributed by atoms with Crippen LogP contribution < -0.4 is 0 Å². The number of amides is 2. The van der Waals surface area contributed by atoms with E-state index in [1.165, 1.54) is 4.90 Å². The molecule has 8 heteroatoms. The van der Waals surface area contributed by atoms with Gasteiger partial charge in [0.25, 0.3) is 0 Å². The first kappa shape index (κ1) is 28.7. The average Bonchev–Trinajstić information content (AvgIpc) is 3.28. The van der Waals surface area contributed by atoms with Gasteiger partial charge in [0.2, 0.25) is 5.91 Å². The van der Waals surface area contributed by atoms with Gasteiger partial charge in [-0.05, 0) is 67.7 Å². The molecule has 2 aliphatic rings. The molecule has 0 radical (unpaired) electrons. The zero-order valence-electron chi connectivity index (χ0n) is 23.5. The maximum Gasteiger partial charge on any atom is 0.416 e. The van der Waals surface area contributed by atoms with Crippen LogP contribution in [0.2, 0.25) is 19.6 Å².